The van der Waals surface area contributed by atoms with E-state index < -0.39 is 0 Å². The van der Waals surface area contributed by atoms with E-state index in [1.807, 2.05) is 0 Å². The molecule has 1 aromatic rings. The zero-order chi connectivity index (χ0) is 12.5. The molecule has 0 amide bonds. The molecule has 1 aromatic heterocycles. The van der Waals surface area contributed by atoms with E-state index in [-0.39, 0.29) is 10.4 Å². The van der Waals surface area contributed by atoms with Gasteiger partial charge in [0.1, 0.15) is 0 Å². The first-order valence-electron chi connectivity index (χ1n) is 6.28. The van der Waals surface area contributed by atoms with E-state index in [1.54, 1.807) is 0 Å². The third-order valence-corrected chi connectivity index (χ3v) is 4.20. The Hall–Kier alpha value is -0.650. The fourth-order valence-electron chi connectivity index (χ4n) is 2.93. The van der Waals surface area contributed by atoms with Crippen molar-refractivity contribution >= 4 is 29.0 Å². The van der Waals surface area contributed by atoms with Gasteiger partial charge in [0.15, 0.2) is 11.0 Å². The summed E-state index contributed by atoms with van der Waals surface area (Å²) >= 11 is 11.7. The van der Waals surface area contributed by atoms with Crippen molar-refractivity contribution in [2.45, 2.75) is 37.8 Å². The largest absolute Gasteiger partial charge is 0.365 e. The average molecular weight is 288 g/mol. The number of hydrogen-bond acceptors (Lipinski definition) is 5. The van der Waals surface area contributed by atoms with Gasteiger partial charge in [-0.2, -0.15) is 4.98 Å². The molecule has 2 aliphatic rings. The molecule has 2 fully saturated rings. The molecular formula is C11H15Cl2N5. The Morgan fingerprint density at radius 3 is 2.94 bits per heavy atom. The number of rotatable bonds is 2. The van der Waals surface area contributed by atoms with Gasteiger partial charge in [-0.05, 0) is 43.8 Å². The topological polar surface area (TPSA) is 53.9 Å². The van der Waals surface area contributed by atoms with E-state index >= 15 is 0 Å². The summed E-state index contributed by atoms with van der Waals surface area (Å²) in [5, 5.41) is 11.1. The van der Waals surface area contributed by atoms with Crippen LogP contribution in [-0.2, 0) is 0 Å². The number of nitrogens with one attached hydrogen (secondary N) is 1. The third kappa shape index (κ3) is 2.53. The van der Waals surface area contributed by atoms with Crippen LogP contribution in [0.15, 0.2) is 0 Å². The zero-order valence-electron chi connectivity index (χ0n) is 9.94. The van der Waals surface area contributed by atoms with Crippen molar-refractivity contribution in [3.05, 3.63) is 10.4 Å². The van der Waals surface area contributed by atoms with Gasteiger partial charge < -0.3 is 10.2 Å². The molecule has 5 nitrogen and oxygen atoms in total. The van der Waals surface area contributed by atoms with Crippen LogP contribution in [0, 0.1) is 0 Å². The van der Waals surface area contributed by atoms with Gasteiger partial charge in [-0.3, -0.25) is 0 Å². The lowest BCUT2D eigenvalue weighted by Gasteiger charge is -2.35. The fraction of sp³-hybridized carbons (Fsp3) is 0.727. The number of fused-ring (bicyclic) bond motifs is 1. The molecule has 18 heavy (non-hydrogen) atoms. The Bertz CT molecular complexity index is 441. The van der Waals surface area contributed by atoms with E-state index in [1.165, 1.54) is 19.4 Å². The van der Waals surface area contributed by atoms with Gasteiger partial charge >= 0.3 is 0 Å². The Morgan fingerprint density at radius 1 is 1.17 bits per heavy atom. The summed E-state index contributed by atoms with van der Waals surface area (Å²) in [6.07, 6.45) is 4.86. The van der Waals surface area contributed by atoms with Crippen molar-refractivity contribution < 1.29 is 0 Å². The second-order valence-electron chi connectivity index (χ2n) is 4.92. The van der Waals surface area contributed by atoms with Gasteiger partial charge in [0.25, 0.3) is 0 Å². The molecule has 0 aromatic carbocycles. The van der Waals surface area contributed by atoms with Crippen LogP contribution in [0.3, 0.4) is 0 Å². The van der Waals surface area contributed by atoms with E-state index in [0.717, 1.165) is 19.4 Å². The summed E-state index contributed by atoms with van der Waals surface area (Å²) in [5.41, 5.74) is 0. The highest BCUT2D eigenvalue weighted by Crippen LogP contribution is 2.29. The van der Waals surface area contributed by atoms with E-state index in [4.69, 9.17) is 23.2 Å². The molecule has 3 heterocycles. The van der Waals surface area contributed by atoms with Crippen LogP contribution in [0.25, 0.3) is 0 Å². The van der Waals surface area contributed by atoms with Gasteiger partial charge in [0, 0.05) is 18.6 Å². The van der Waals surface area contributed by atoms with Crippen molar-refractivity contribution in [1.29, 1.82) is 0 Å². The number of aromatic nitrogens is 3. The Morgan fingerprint density at radius 2 is 2.06 bits per heavy atom. The normalized spacial score (nSPS) is 28.1. The summed E-state index contributed by atoms with van der Waals surface area (Å²) in [5.74, 6) is 0.549. The minimum atomic E-state index is 0.125. The number of hydrogen-bond donors (Lipinski definition) is 1. The third-order valence-electron chi connectivity index (χ3n) is 3.78. The van der Waals surface area contributed by atoms with Crippen LogP contribution in [0.1, 0.15) is 25.7 Å². The number of nitrogens with zero attached hydrogens (tertiary/aromatic N) is 4. The van der Waals surface area contributed by atoms with Gasteiger partial charge in [0.2, 0.25) is 5.28 Å². The summed E-state index contributed by atoms with van der Waals surface area (Å²) in [6, 6.07) is 1.11. The van der Waals surface area contributed by atoms with Gasteiger partial charge in [-0.15, -0.1) is 10.2 Å². The van der Waals surface area contributed by atoms with E-state index in [0.29, 0.717) is 17.9 Å². The predicted molar refractivity (Wildman–Crippen MR) is 71.1 cm³/mol. The zero-order valence-corrected chi connectivity index (χ0v) is 11.5. The second-order valence-corrected chi connectivity index (χ2v) is 5.61. The first-order valence-corrected chi connectivity index (χ1v) is 7.04. The number of halogens is 2. The standard InChI is InChI=1S/C11H15Cl2N5/c12-9-10(15-11(13)17-16-9)14-7-3-5-18-4-1-2-8(18)6-7/h7-8H,1-6H2,(H,14,15,17). The van der Waals surface area contributed by atoms with Crippen LogP contribution in [0.2, 0.25) is 10.4 Å². The summed E-state index contributed by atoms with van der Waals surface area (Å²) < 4.78 is 0. The van der Waals surface area contributed by atoms with Crippen molar-refractivity contribution in [3.63, 3.8) is 0 Å². The number of piperidine rings is 1. The second kappa shape index (κ2) is 5.15. The Balaban J connectivity index is 1.67. The van der Waals surface area contributed by atoms with Crippen molar-refractivity contribution in [2.24, 2.45) is 0 Å². The smallest absolute Gasteiger partial charge is 0.245 e. The molecule has 0 bridgehead atoms. The van der Waals surface area contributed by atoms with Crippen molar-refractivity contribution in [2.75, 3.05) is 18.4 Å². The van der Waals surface area contributed by atoms with E-state index in [2.05, 4.69) is 25.4 Å². The van der Waals surface area contributed by atoms with Gasteiger partial charge in [-0.25, -0.2) is 0 Å². The van der Waals surface area contributed by atoms with Crippen LogP contribution >= 0.6 is 23.2 Å². The summed E-state index contributed by atoms with van der Waals surface area (Å²) in [4.78, 5) is 6.66. The number of anilines is 1. The molecule has 0 saturated carbocycles. The molecule has 2 unspecified atom stereocenters. The molecule has 1 N–H and O–H groups in total. The molecule has 2 saturated heterocycles. The highest BCUT2D eigenvalue weighted by atomic mass is 35.5. The summed E-state index contributed by atoms with van der Waals surface area (Å²) in [7, 11) is 0. The minimum Gasteiger partial charge on any atom is -0.365 e. The average Bonchev–Trinajstić information content (AvgIpc) is 2.81. The minimum absolute atomic E-state index is 0.125. The highest BCUT2D eigenvalue weighted by molar-refractivity contribution is 6.32. The predicted octanol–water partition coefficient (Wildman–Crippen LogP) is 2.22. The molecule has 3 rings (SSSR count). The van der Waals surface area contributed by atoms with Crippen LogP contribution in [0.5, 0.6) is 0 Å². The molecule has 7 heteroatoms. The molecule has 0 aliphatic carbocycles. The molecular weight excluding hydrogens is 273 g/mol. The lowest BCUT2D eigenvalue weighted by molar-refractivity contribution is 0.188. The quantitative estimate of drug-likeness (QED) is 0.904. The van der Waals surface area contributed by atoms with Gasteiger partial charge in [-0.1, -0.05) is 11.6 Å². The molecule has 0 spiro atoms. The monoisotopic (exact) mass is 287 g/mol. The highest BCUT2D eigenvalue weighted by Gasteiger charge is 2.32. The van der Waals surface area contributed by atoms with Crippen LogP contribution in [0.4, 0.5) is 5.82 Å². The van der Waals surface area contributed by atoms with E-state index in [9.17, 15) is 0 Å². The maximum absolute atomic E-state index is 5.96. The Kier molecular flexibility index (Phi) is 3.54. The molecule has 0 radical (unpaired) electrons. The Labute approximate surface area is 116 Å². The molecule has 2 atom stereocenters. The summed E-state index contributed by atoms with van der Waals surface area (Å²) in [6.45, 7) is 2.39. The fourth-order valence-corrected chi connectivity index (χ4v) is 3.19. The van der Waals surface area contributed by atoms with Crippen molar-refractivity contribution in [3.8, 4) is 0 Å². The van der Waals surface area contributed by atoms with Gasteiger partial charge in [0.05, 0.1) is 0 Å². The SMILES string of the molecule is Clc1nnc(Cl)c(NC2CCN3CCCC3C2)n1. The van der Waals surface area contributed by atoms with Crippen molar-refractivity contribution in [1.82, 2.24) is 20.1 Å². The first kappa shape index (κ1) is 12.4. The first-order chi connectivity index (χ1) is 8.72. The maximum Gasteiger partial charge on any atom is 0.245 e. The lowest BCUT2D eigenvalue weighted by atomic mass is 9.98. The molecule has 98 valence electrons. The van der Waals surface area contributed by atoms with Crippen LogP contribution < -0.4 is 5.32 Å². The lowest BCUT2D eigenvalue weighted by Crippen LogP contribution is -2.42. The molecule has 2 aliphatic heterocycles. The van der Waals surface area contributed by atoms with Crippen LogP contribution in [-0.4, -0.2) is 45.3 Å². The maximum atomic E-state index is 5.96.